The Morgan fingerprint density at radius 3 is 2.42 bits per heavy atom. The van der Waals surface area contributed by atoms with E-state index in [1.54, 1.807) is 27.7 Å². The molecule has 3 aliphatic rings. The van der Waals surface area contributed by atoms with E-state index >= 15 is 0 Å². The van der Waals surface area contributed by atoms with E-state index in [0.29, 0.717) is 0 Å². The lowest BCUT2D eigenvalue weighted by atomic mass is 9.97. The molecule has 0 aromatic rings. The van der Waals surface area contributed by atoms with E-state index in [1.165, 1.54) is 0 Å². The number of rotatable bonds is 1. The summed E-state index contributed by atoms with van der Waals surface area (Å²) in [5.41, 5.74) is 0. The lowest BCUT2D eigenvalue weighted by molar-refractivity contribution is -0.277. The number of fused-ring (bicyclic) bond motifs is 3. The molecule has 3 saturated heterocycles. The van der Waals surface area contributed by atoms with E-state index in [9.17, 15) is 9.90 Å². The molecule has 4 atom stereocenters. The Bertz CT molecular complexity index is 418. The first-order chi connectivity index (χ1) is 8.65. The highest BCUT2D eigenvalue weighted by molar-refractivity contribution is 5.77. The van der Waals surface area contributed by atoms with Gasteiger partial charge >= 0.3 is 11.8 Å². The molecule has 0 spiro atoms. The van der Waals surface area contributed by atoms with Crippen molar-refractivity contribution in [3.8, 4) is 0 Å². The average Bonchev–Trinajstić information content (AvgIpc) is 2.70. The smallest absolute Gasteiger partial charge is 0.367 e. The summed E-state index contributed by atoms with van der Waals surface area (Å²) in [5, 5.41) is 9.46. The zero-order valence-corrected chi connectivity index (χ0v) is 11.3. The molecule has 0 aromatic carbocycles. The quantitative estimate of drug-likeness (QED) is 0.744. The topological polar surface area (TPSA) is 83.5 Å². The average molecular weight is 274 g/mol. The van der Waals surface area contributed by atoms with Crippen LogP contribution in [0, 0.1) is 0 Å². The standard InChI is InChI=1S/C12H18O7/c1-10(2)16-6-5-15-12(9(13)14)8(7(6)17-10)18-11(3,4)19-12/h6-8H,5H2,1-4H3,(H,13,14)/t6-,7-,8-,12-/m1/s1. The van der Waals surface area contributed by atoms with Crippen molar-refractivity contribution in [2.24, 2.45) is 0 Å². The summed E-state index contributed by atoms with van der Waals surface area (Å²) in [6, 6.07) is 0. The largest absolute Gasteiger partial charge is 0.477 e. The molecule has 0 aliphatic carbocycles. The second-order valence-electron chi connectivity index (χ2n) is 5.96. The van der Waals surface area contributed by atoms with Gasteiger partial charge in [-0.15, -0.1) is 0 Å². The summed E-state index contributed by atoms with van der Waals surface area (Å²) in [6.45, 7) is 6.93. The Hall–Kier alpha value is -0.730. The molecular weight excluding hydrogens is 256 g/mol. The molecule has 1 N–H and O–H groups in total. The maximum Gasteiger partial charge on any atom is 0.367 e. The fourth-order valence-corrected chi connectivity index (χ4v) is 2.91. The summed E-state index contributed by atoms with van der Waals surface area (Å²) in [5.74, 6) is -4.87. The molecule has 0 bridgehead atoms. The van der Waals surface area contributed by atoms with Crippen molar-refractivity contribution in [2.75, 3.05) is 6.61 Å². The van der Waals surface area contributed by atoms with Gasteiger partial charge < -0.3 is 28.8 Å². The molecule has 3 aliphatic heterocycles. The van der Waals surface area contributed by atoms with Gasteiger partial charge in [-0.3, -0.25) is 0 Å². The van der Waals surface area contributed by atoms with Crippen LogP contribution in [-0.2, 0) is 28.5 Å². The summed E-state index contributed by atoms with van der Waals surface area (Å²) in [4.78, 5) is 11.6. The van der Waals surface area contributed by atoms with Crippen LogP contribution in [0.5, 0.6) is 0 Å². The van der Waals surface area contributed by atoms with Crippen LogP contribution in [-0.4, -0.2) is 53.4 Å². The predicted octanol–water partition coefficient (Wildman–Crippen LogP) is 0.469. The number of hydrogen-bond donors (Lipinski definition) is 1. The minimum atomic E-state index is -1.82. The normalized spacial score (nSPS) is 46.6. The number of aliphatic carboxylic acids is 1. The monoisotopic (exact) mass is 274 g/mol. The van der Waals surface area contributed by atoms with Crippen molar-refractivity contribution in [3.63, 3.8) is 0 Å². The fraction of sp³-hybridized carbons (Fsp3) is 0.917. The molecule has 0 radical (unpaired) electrons. The SMILES string of the molecule is CC1(C)O[C@H]2[C@H]3OC(C)(C)O[C@]3(C(=O)O)OC[C@H]2O1. The van der Waals surface area contributed by atoms with Crippen LogP contribution >= 0.6 is 0 Å². The van der Waals surface area contributed by atoms with Crippen LogP contribution in [0.15, 0.2) is 0 Å². The van der Waals surface area contributed by atoms with E-state index < -0.39 is 35.5 Å². The van der Waals surface area contributed by atoms with Gasteiger partial charge in [0.2, 0.25) is 0 Å². The molecule has 7 nitrogen and oxygen atoms in total. The van der Waals surface area contributed by atoms with Gasteiger partial charge in [0.05, 0.1) is 6.61 Å². The third kappa shape index (κ3) is 1.88. The van der Waals surface area contributed by atoms with Crippen LogP contribution in [0.4, 0.5) is 0 Å². The van der Waals surface area contributed by atoms with Crippen molar-refractivity contribution in [1.82, 2.24) is 0 Å². The number of ether oxygens (including phenoxy) is 5. The highest BCUT2D eigenvalue weighted by Crippen LogP contribution is 2.47. The van der Waals surface area contributed by atoms with Crippen LogP contribution in [0.2, 0.25) is 0 Å². The van der Waals surface area contributed by atoms with E-state index in [-0.39, 0.29) is 12.7 Å². The minimum Gasteiger partial charge on any atom is -0.477 e. The highest BCUT2D eigenvalue weighted by Gasteiger charge is 2.69. The molecule has 3 rings (SSSR count). The Labute approximate surface area is 110 Å². The Balaban J connectivity index is 1.96. The first-order valence-corrected chi connectivity index (χ1v) is 6.26. The Morgan fingerprint density at radius 1 is 1.11 bits per heavy atom. The zero-order chi connectivity index (χ0) is 14.1. The first kappa shape index (κ1) is 13.3. The molecule has 19 heavy (non-hydrogen) atoms. The number of carboxylic acid groups (broad SMARTS) is 1. The van der Waals surface area contributed by atoms with E-state index in [0.717, 1.165) is 0 Å². The summed E-state index contributed by atoms with van der Waals surface area (Å²) >= 11 is 0. The fourth-order valence-electron chi connectivity index (χ4n) is 2.91. The summed E-state index contributed by atoms with van der Waals surface area (Å²) < 4.78 is 28.1. The zero-order valence-electron chi connectivity index (χ0n) is 11.3. The second kappa shape index (κ2) is 3.67. The molecule has 3 fully saturated rings. The van der Waals surface area contributed by atoms with Crippen molar-refractivity contribution in [2.45, 2.75) is 63.4 Å². The van der Waals surface area contributed by atoms with Crippen molar-refractivity contribution in [1.29, 1.82) is 0 Å². The minimum absolute atomic E-state index is 0.0936. The third-order valence-corrected chi connectivity index (χ3v) is 3.46. The van der Waals surface area contributed by atoms with E-state index in [4.69, 9.17) is 23.7 Å². The van der Waals surface area contributed by atoms with Gasteiger partial charge in [0.1, 0.15) is 12.2 Å². The van der Waals surface area contributed by atoms with Crippen molar-refractivity contribution >= 4 is 5.97 Å². The molecule has 3 heterocycles. The van der Waals surface area contributed by atoms with Crippen LogP contribution in [0.25, 0.3) is 0 Å². The predicted molar refractivity (Wildman–Crippen MR) is 60.2 cm³/mol. The lowest BCUT2D eigenvalue weighted by Gasteiger charge is -2.37. The number of hydrogen-bond acceptors (Lipinski definition) is 6. The summed E-state index contributed by atoms with van der Waals surface area (Å²) in [7, 11) is 0. The van der Waals surface area contributed by atoms with Gasteiger partial charge in [0.15, 0.2) is 17.7 Å². The molecule has 108 valence electrons. The lowest BCUT2D eigenvalue weighted by Crippen LogP contribution is -2.62. The van der Waals surface area contributed by atoms with Crippen molar-refractivity contribution in [3.05, 3.63) is 0 Å². The van der Waals surface area contributed by atoms with Gasteiger partial charge in [-0.2, -0.15) is 0 Å². The number of carbonyl (C=O) groups is 1. The highest BCUT2D eigenvalue weighted by atomic mass is 16.9. The van der Waals surface area contributed by atoms with Crippen LogP contribution < -0.4 is 0 Å². The summed E-state index contributed by atoms with van der Waals surface area (Å²) in [6.07, 6.45) is -1.74. The molecule has 0 saturated carbocycles. The van der Waals surface area contributed by atoms with Gasteiger partial charge in [-0.25, -0.2) is 4.79 Å². The van der Waals surface area contributed by atoms with Gasteiger partial charge in [-0.05, 0) is 27.7 Å². The first-order valence-electron chi connectivity index (χ1n) is 6.26. The Morgan fingerprint density at radius 2 is 1.79 bits per heavy atom. The van der Waals surface area contributed by atoms with E-state index in [1.807, 2.05) is 0 Å². The maximum atomic E-state index is 11.6. The Kier molecular flexibility index (Phi) is 2.57. The molecule has 7 heteroatoms. The van der Waals surface area contributed by atoms with Crippen LogP contribution in [0.1, 0.15) is 27.7 Å². The third-order valence-electron chi connectivity index (χ3n) is 3.46. The molecular formula is C12H18O7. The van der Waals surface area contributed by atoms with Crippen molar-refractivity contribution < 1.29 is 33.6 Å². The molecule has 0 unspecified atom stereocenters. The van der Waals surface area contributed by atoms with Gasteiger partial charge in [-0.1, -0.05) is 0 Å². The maximum absolute atomic E-state index is 11.6. The number of carboxylic acids is 1. The van der Waals surface area contributed by atoms with Gasteiger partial charge in [0, 0.05) is 0 Å². The van der Waals surface area contributed by atoms with E-state index in [2.05, 4.69) is 0 Å². The van der Waals surface area contributed by atoms with Gasteiger partial charge in [0.25, 0.3) is 0 Å². The van der Waals surface area contributed by atoms with Crippen LogP contribution in [0.3, 0.4) is 0 Å². The molecule has 0 aromatic heterocycles. The second-order valence-corrected chi connectivity index (χ2v) is 5.96. The molecule has 0 amide bonds.